The number of nitrogens with zero attached hydrogens (tertiary/aromatic N) is 4. The van der Waals surface area contributed by atoms with Crippen molar-refractivity contribution in [1.82, 2.24) is 29.1 Å². The van der Waals surface area contributed by atoms with Gasteiger partial charge in [0.2, 0.25) is 0 Å². The van der Waals surface area contributed by atoms with Crippen molar-refractivity contribution in [3.05, 3.63) is 80.0 Å². The molecule has 30 heavy (non-hydrogen) atoms. The summed E-state index contributed by atoms with van der Waals surface area (Å²) in [5, 5.41) is 1.74. The minimum atomic E-state index is -0.518. The van der Waals surface area contributed by atoms with Gasteiger partial charge in [0, 0.05) is 12.1 Å². The van der Waals surface area contributed by atoms with E-state index in [4.69, 9.17) is 11.6 Å². The van der Waals surface area contributed by atoms with E-state index < -0.39 is 11.2 Å². The van der Waals surface area contributed by atoms with Crippen molar-refractivity contribution in [2.24, 2.45) is 7.05 Å². The van der Waals surface area contributed by atoms with Crippen LogP contribution in [0.3, 0.4) is 0 Å². The highest BCUT2D eigenvalue weighted by molar-refractivity contribution is 7.99. The van der Waals surface area contributed by atoms with Crippen molar-refractivity contribution in [3.63, 3.8) is 0 Å². The van der Waals surface area contributed by atoms with Crippen LogP contribution in [0.1, 0.15) is 5.56 Å². The van der Waals surface area contributed by atoms with Gasteiger partial charge in [0.05, 0.1) is 17.6 Å². The number of imidazole rings is 2. The maximum Gasteiger partial charge on any atom is 0.329 e. The van der Waals surface area contributed by atoms with Gasteiger partial charge in [-0.2, -0.15) is 0 Å². The lowest BCUT2D eigenvalue weighted by Crippen LogP contribution is -2.29. The second kappa shape index (κ2) is 7.19. The largest absolute Gasteiger partial charge is 0.333 e. The molecule has 3 heterocycles. The zero-order chi connectivity index (χ0) is 20.8. The molecule has 5 rings (SSSR count). The summed E-state index contributed by atoms with van der Waals surface area (Å²) in [6.07, 6.45) is 0. The summed E-state index contributed by atoms with van der Waals surface area (Å²) in [5.41, 5.74) is 2.15. The van der Waals surface area contributed by atoms with E-state index in [1.54, 1.807) is 17.7 Å². The summed E-state index contributed by atoms with van der Waals surface area (Å²) in [5.74, 6) is 0. The molecule has 0 amide bonds. The fourth-order valence-corrected chi connectivity index (χ4v) is 4.37. The van der Waals surface area contributed by atoms with E-state index in [2.05, 4.69) is 19.9 Å². The van der Waals surface area contributed by atoms with Crippen molar-refractivity contribution < 1.29 is 0 Å². The molecule has 0 bridgehead atoms. The SMILES string of the molecule is Cn1c(=O)[nH]c(=O)c2c1nc(Sc1nc3ccccc3[nH]1)n2Cc1ccccc1Cl. The van der Waals surface area contributed by atoms with Crippen molar-refractivity contribution in [2.75, 3.05) is 0 Å². The van der Waals surface area contributed by atoms with E-state index in [1.807, 2.05) is 42.5 Å². The molecule has 0 saturated heterocycles. The van der Waals surface area contributed by atoms with Crippen molar-refractivity contribution in [3.8, 4) is 0 Å². The maximum absolute atomic E-state index is 12.7. The van der Waals surface area contributed by atoms with Crippen molar-refractivity contribution >= 4 is 45.6 Å². The van der Waals surface area contributed by atoms with Crippen molar-refractivity contribution in [1.29, 1.82) is 0 Å². The van der Waals surface area contributed by atoms with Crippen LogP contribution in [0.2, 0.25) is 5.02 Å². The molecule has 0 fully saturated rings. The van der Waals surface area contributed by atoms with E-state index in [0.29, 0.717) is 33.0 Å². The van der Waals surface area contributed by atoms with E-state index in [9.17, 15) is 9.59 Å². The molecule has 5 aromatic rings. The Morgan fingerprint density at radius 3 is 2.60 bits per heavy atom. The van der Waals surface area contributed by atoms with Gasteiger partial charge in [0.25, 0.3) is 5.56 Å². The number of rotatable bonds is 4. The zero-order valence-electron chi connectivity index (χ0n) is 15.7. The van der Waals surface area contributed by atoms with Gasteiger partial charge in [-0.15, -0.1) is 0 Å². The van der Waals surface area contributed by atoms with Gasteiger partial charge in [0.1, 0.15) is 0 Å². The summed E-state index contributed by atoms with van der Waals surface area (Å²) in [6.45, 7) is 0.319. The van der Waals surface area contributed by atoms with Gasteiger partial charge in [-0.25, -0.2) is 14.8 Å². The Morgan fingerprint density at radius 2 is 1.80 bits per heavy atom. The first-order valence-corrected chi connectivity index (χ1v) is 10.3. The van der Waals surface area contributed by atoms with Crippen LogP contribution in [0.15, 0.2) is 68.4 Å². The monoisotopic (exact) mass is 438 g/mol. The lowest BCUT2D eigenvalue weighted by Gasteiger charge is -2.09. The third-order valence-electron chi connectivity index (χ3n) is 4.81. The number of aromatic nitrogens is 6. The van der Waals surface area contributed by atoms with Gasteiger partial charge in [-0.05, 0) is 35.5 Å². The smallest absolute Gasteiger partial charge is 0.329 e. The number of hydrogen-bond donors (Lipinski definition) is 2. The standard InChI is InChI=1S/C20H15ClN6O2S/c1-26-16-15(17(28)25-19(26)29)27(10-11-6-2-3-7-12(11)21)20(24-16)30-18-22-13-8-4-5-9-14(13)23-18/h2-9H,10H2,1H3,(H,22,23)(H,25,28,29). The van der Waals surface area contributed by atoms with Crippen LogP contribution in [-0.4, -0.2) is 29.1 Å². The molecular weight excluding hydrogens is 424 g/mol. The normalized spacial score (nSPS) is 11.5. The summed E-state index contributed by atoms with van der Waals surface area (Å²) in [4.78, 5) is 39.5. The predicted octanol–water partition coefficient (Wildman–Crippen LogP) is 3.15. The van der Waals surface area contributed by atoms with Gasteiger partial charge in [-0.3, -0.25) is 14.3 Å². The van der Waals surface area contributed by atoms with Gasteiger partial charge < -0.3 is 9.55 Å². The summed E-state index contributed by atoms with van der Waals surface area (Å²) >= 11 is 7.64. The van der Waals surface area contributed by atoms with E-state index in [1.165, 1.54) is 16.3 Å². The first-order valence-electron chi connectivity index (χ1n) is 9.07. The Hall–Kier alpha value is -3.30. The number of nitrogens with one attached hydrogen (secondary N) is 2. The highest BCUT2D eigenvalue weighted by atomic mass is 35.5. The molecule has 8 nitrogen and oxygen atoms in total. The number of aryl methyl sites for hydroxylation is 1. The molecule has 0 saturated carbocycles. The first-order chi connectivity index (χ1) is 14.5. The van der Waals surface area contributed by atoms with Crippen LogP contribution in [0, 0.1) is 0 Å². The van der Waals surface area contributed by atoms with Gasteiger partial charge >= 0.3 is 5.69 Å². The Morgan fingerprint density at radius 1 is 1.03 bits per heavy atom. The quantitative estimate of drug-likeness (QED) is 0.449. The van der Waals surface area contributed by atoms with E-state index in [-0.39, 0.29) is 0 Å². The third kappa shape index (κ3) is 3.12. The zero-order valence-corrected chi connectivity index (χ0v) is 17.3. The molecule has 2 aromatic carbocycles. The Kier molecular flexibility index (Phi) is 4.48. The molecule has 0 atom stereocenters. The lowest BCUT2D eigenvalue weighted by molar-refractivity contribution is 0.726. The molecule has 0 radical (unpaired) electrons. The number of halogens is 1. The number of para-hydroxylation sites is 2. The van der Waals surface area contributed by atoms with Crippen LogP contribution in [0.5, 0.6) is 0 Å². The average Bonchev–Trinajstić information content (AvgIpc) is 3.29. The van der Waals surface area contributed by atoms with Gasteiger partial charge in [0.15, 0.2) is 21.5 Å². The van der Waals surface area contributed by atoms with Crippen LogP contribution in [-0.2, 0) is 13.6 Å². The molecule has 0 aliphatic carbocycles. The van der Waals surface area contributed by atoms with Crippen LogP contribution >= 0.6 is 23.4 Å². The molecule has 0 aliphatic rings. The predicted molar refractivity (Wildman–Crippen MR) is 116 cm³/mol. The average molecular weight is 439 g/mol. The summed E-state index contributed by atoms with van der Waals surface area (Å²) in [7, 11) is 1.57. The lowest BCUT2D eigenvalue weighted by atomic mass is 10.2. The Balaban J connectivity index is 1.70. The second-order valence-electron chi connectivity index (χ2n) is 6.72. The van der Waals surface area contributed by atoms with Gasteiger partial charge in [-0.1, -0.05) is 41.9 Å². The number of hydrogen-bond acceptors (Lipinski definition) is 5. The Labute approximate surface area is 178 Å². The molecule has 2 N–H and O–H groups in total. The molecular formula is C20H15ClN6O2S. The molecule has 0 aliphatic heterocycles. The van der Waals surface area contributed by atoms with Crippen LogP contribution in [0.25, 0.3) is 22.2 Å². The Bertz CT molecular complexity index is 1500. The van der Waals surface area contributed by atoms with E-state index in [0.717, 1.165) is 16.6 Å². The minimum Gasteiger partial charge on any atom is -0.333 e. The number of aromatic amines is 2. The van der Waals surface area contributed by atoms with E-state index >= 15 is 0 Å². The molecule has 150 valence electrons. The topological polar surface area (TPSA) is 101 Å². The number of benzene rings is 2. The van der Waals surface area contributed by atoms with Crippen LogP contribution in [0.4, 0.5) is 0 Å². The number of fused-ring (bicyclic) bond motifs is 2. The molecule has 0 unspecified atom stereocenters. The molecule has 10 heteroatoms. The molecule has 0 spiro atoms. The third-order valence-corrected chi connectivity index (χ3v) is 6.06. The highest BCUT2D eigenvalue weighted by Gasteiger charge is 2.20. The summed E-state index contributed by atoms with van der Waals surface area (Å²) < 4.78 is 3.08. The summed E-state index contributed by atoms with van der Waals surface area (Å²) in [6, 6.07) is 15.1. The minimum absolute atomic E-state index is 0.300. The van der Waals surface area contributed by atoms with Crippen molar-refractivity contribution in [2.45, 2.75) is 16.9 Å². The second-order valence-corrected chi connectivity index (χ2v) is 8.09. The molecule has 3 aromatic heterocycles. The first kappa shape index (κ1) is 18.7. The van der Waals surface area contributed by atoms with Crippen LogP contribution < -0.4 is 11.2 Å². The fourth-order valence-electron chi connectivity index (χ4n) is 3.30. The fraction of sp³-hybridized carbons (Fsp3) is 0.100. The maximum atomic E-state index is 12.7. The number of H-pyrrole nitrogens is 2. The highest BCUT2D eigenvalue weighted by Crippen LogP contribution is 2.30.